The topological polar surface area (TPSA) is 77.0 Å². The number of ether oxygens (including phenoxy) is 3. The number of anilines is 1. The van der Waals surface area contributed by atoms with Gasteiger partial charge in [0.2, 0.25) is 5.75 Å². The fourth-order valence-corrected chi connectivity index (χ4v) is 2.71. The molecule has 0 aliphatic heterocycles. The largest absolute Gasteiger partial charge is 0.502 e. The lowest BCUT2D eigenvalue weighted by molar-refractivity contribution is -0.201. The summed E-state index contributed by atoms with van der Waals surface area (Å²) in [5.74, 6) is -2.67. The van der Waals surface area contributed by atoms with Crippen LogP contribution in [0.25, 0.3) is 0 Å². The molecule has 0 amide bonds. The molecule has 0 aliphatic carbocycles. The Morgan fingerprint density at radius 1 is 1.00 bits per heavy atom. The maximum absolute atomic E-state index is 14.3. The molecule has 2 N–H and O–H groups in total. The van der Waals surface area contributed by atoms with Crippen LogP contribution in [0.2, 0.25) is 0 Å². The van der Waals surface area contributed by atoms with Gasteiger partial charge in [0.1, 0.15) is 0 Å². The van der Waals surface area contributed by atoms with Gasteiger partial charge in [0, 0.05) is 11.3 Å². The van der Waals surface area contributed by atoms with Crippen molar-refractivity contribution < 1.29 is 37.3 Å². The number of methoxy groups -OCH3 is 3. The lowest BCUT2D eigenvalue weighted by Gasteiger charge is -2.35. The number of esters is 1. The first-order valence-electron chi connectivity index (χ1n) is 8.06. The summed E-state index contributed by atoms with van der Waals surface area (Å²) in [5.41, 5.74) is -2.97. The summed E-state index contributed by atoms with van der Waals surface area (Å²) in [4.78, 5) is 12.5. The van der Waals surface area contributed by atoms with Gasteiger partial charge < -0.3 is 24.6 Å². The monoisotopic (exact) mass is 399 g/mol. The Bertz CT molecular complexity index is 827. The molecule has 2 aromatic rings. The van der Waals surface area contributed by atoms with Gasteiger partial charge in [-0.15, -0.1) is 0 Å². The molecule has 0 saturated heterocycles. The third-order valence-electron chi connectivity index (χ3n) is 4.21. The Morgan fingerprint density at radius 2 is 1.50 bits per heavy atom. The number of carbonyl (C=O) groups is 1. The quantitative estimate of drug-likeness (QED) is 0.721. The number of aromatic hydroxyl groups is 1. The molecule has 0 bridgehead atoms. The van der Waals surface area contributed by atoms with Gasteiger partial charge in [-0.2, -0.15) is 13.2 Å². The van der Waals surface area contributed by atoms with E-state index < -0.39 is 29.0 Å². The van der Waals surface area contributed by atoms with Gasteiger partial charge in [0.05, 0.1) is 21.3 Å². The van der Waals surface area contributed by atoms with Gasteiger partial charge in [-0.25, -0.2) is 4.79 Å². The number of carbonyl (C=O) groups excluding carboxylic acids is 1. The fourth-order valence-electron chi connectivity index (χ4n) is 2.71. The highest BCUT2D eigenvalue weighted by Crippen LogP contribution is 2.47. The van der Waals surface area contributed by atoms with E-state index in [1.807, 2.05) is 0 Å². The minimum Gasteiger partial charge on any atom is -0.502 e. The van der Waals surface area contributed by atoms with Gasteiger partial charge >= 0.3 is 12.1 Å². The molecule has 6 nitrogen and oxygen atoms in total. The number of aryl methyl sites for hydroxylation is 1. The number of benzene rings is 2. The number of rotatable bonds is 6. The first kappa shape index (κ1) is 21.2. The van der Waals surface area contributed by atoms with Crippen molar-refractivity contribution in [3.8, 4) is 17.2 Å². The number of phenolic OH excluding ortho intramolecular Hbond substituents is 1. The van der Waals surface area contributed by atoms with Gasteiger partial charge in [0.15, 0.2) is 11.5 Å². The van der Waals surface area contributed by atoms with E-state index in [2.05, 4.69) is 10.1 Å². The summed E-state index contributed by atoms with van der Waals surface area (Å²) in [7, 11) is 3.19. The summed E-state index contributed by atoms with van der Waals surface area (Å²) in [6.07, 6.45) is -5.11. The van der Waals surface area contributed by atoms with E-state index in [4.69, 9.17) is 9.47 Å². The van der Waals surface area contributed by atoms with E-state index in [1.165, 1.54) is 26.4 Å². The summed E-state index contributed by atoms with van der Waals surface area (Å²) in [5, 5.41) is 12.3. The predicted octanol–water partition coefficient (Wildman–Crippen LogP) is 3.76. The number of halogens is 3. The summed E-state index contributed by atoms with van der Waals surface area (Å²) < 4.78 is 57.4. The van der Waals surface area contributed by atoms with Crippen molar-refractivity contribution in [2.75, 3.05) is 26.6 Å². The lowest BCUT2D eigenvalue weighted by Crippen LogP contribution is -2.55. The van der Waals surface area contributed by atoms with Crippen molar-refractivity contribution >= 4 is 11.7 Å². The molecular weight excluding hydrogens is 379 g/mol. The van der Waals surface area contributed by atoms with Crippen LogP contribution >= 0.6 is 0 Å². The van der Waals surface area contributed by atoms with E-state index in [0.717, 1.165) is 24.8 Å². The van der Waals surface area contributed by atoms with Crippen molar-refractivity contribution in [1.82, 2.24) is 0 Å². The molecule has 1 atom stereocenters. The second-order valence-corrected chi connectivity index (χ2v) is 5.96. The SMILES string of the molecule is COC(=O)C(Nc1ccc(C)cc1)(c1cc(OC)c(O)c(OC)c1)C(F)(F)F. The normalized spacial score (nSPS) is 13.4. The molecule has 0 spiro atoms. The van der Waals surface area contributed by atoms with Crippen molar-refractivity contribution in [1.29, 1.82) is 0 Å². The minimum atomic E-state index is -5.11. The van der Waals surface area contributed by atoms with E-state index in [9.17, 15) is 23.1 Å². The van der Waals surface area contributed by atoms with Crippen LogP contribution in [-0.2, 0) is 15.1 Å². The van der Waals surface area contributed by atoms with Crippen LogP contribution in [0.4, 0.5) is 18.9 Å². The van der Waals surface area contributed by atoms with Crippen LogP contribution in [0.5, 0.6) is 17.2 Å². The zero-order chi connectivity index (χ0) is 21.1. The highest BCUT2D eigenvalue weighted by molar-refractivity contribution is 5.88. The van der Waals surface area contributed by atoms with Crippen molar-refractivity contribution in [3.05, 3.63) is 47.5 Å². The molecular formula is C19H20F3NO5. The average molecular weight is 399 g/mol. The van der Waals surface area contributed by atoms with Gasteiger partial charge in [0.25, 0.3) is 5.54 Å². The van der Waals surface area contributed by atoms with Crippen molar-refractivity contribution in [3.63, 3.8) is 0 Å². The van der Waals surface area contributed by atoms with E-state index >= 15 is 0 Å². The van der Waals surface area contributed by atoms with Crippen LogP contribution < -0.4 is 14.8 Å². The number of hydrogen-bond donors (Lipinski definition) is 2. The van der Waals surface area contributed by atoms with Crippen LogP contribution in [0.1, 0.15) is 11.1 Å². The molecule has 28 heavy (non-hydrogen) atoms. The van der Waals surface area contributed by atoms with Crippen LogP contribution in [0, 0.1) is 6.92 Å². The third-order valence-corrected chi connectivity index (χ3v) is 4.21. The van der Waals surface area contributed by atoms with Crippen molar-refractivity contribution in [2.24, 2.45) is 0 Å². The predicted molar refractivity (Wildman–Crippen MR) is 95.8 cm³/mol. The zero-order valence-corrected chi connectivity index (χ0v) is 15.7. The van der Waals surface area contributed by atoms with Gasteiger partial charge in [-0.1, -0.05) is 17.7 Å². The Hall–Kier alpha value is -3.10. The minimum absolute atomic E-state index is 0.0410. The summed E-state index contributed by atoms with van der Waals surface area (Å²) >= 11 is 0. The second kappa shape index (κ2) is 7.87. The maximum atomic E-state index is 14.3. The lowest BCUT2D eigenvalue weighted by atomic mass is 9.87. The molecule has 0 saturated carbocycles. The van der Waals surface area contributed by atoms with E-state index in [-0.39, 0.29) is 17.2 Å². The Kier molecular flexibility index (Phi) is 5.96. The maximum Gasteiger partial charge on any atom is 0.426 e. The Labute approximate surface area is 159 Å². The van der Waals surface area contributed by atoms with Gasteiger partial charge in [-0.05, 0) is 31.2 Å². The van der Waals surface area contributed by atoms with Gasteiger partial charge in [-0.3, -0.25) is 0 Å². The Balaban J connectivity index is 2.80. The molecule has 152 valence electrons. The Morgan fingerprint density at radius 3 is 1.89 bits per heavy atom. The number of nitrogens with one attached hydrogen (secondary N) is 1. The standard InChI is InChI=1S/C19H20F3NO5/c1-11-5-7-13(8-6-11)23-18(17(25)28-4,19(20,21)22)12-9-14(26-2)16(24)15(10-12)27-3/h5-10,23-24H,1-4H3. The van der Waals surface area contributed by atoms with E-state index in [1.54, 1.807) is 19.1 Å². The molecule has 0 aromatic heterocycles. The molecule has 2 aromatic carbocycles. The third kappa shape index (κ3) is 3.64. The molecule has 0 fully saturated rings. The summed E-state index contributed by atoms with van der Waals surface area (Å²) in [6, 6.07) is 7.83. The smallest absolute Gasteiger partial charge is 0.426 e. The molecule has 0 aliphatic rings. The highest BCUT2D eigenvalue weighted by atomic mass is 19.4. The summed E-state index contributed by atoms with van der Waals surface area (Å²) in [6.45, 7) is 1.77. The fraction of sp³-hybridized carbons (Fsp3) is 0.316. The first-order valence-corrected chi connectivity index (χ1v) is 8.06. The molecule has 2 rings (SSSR count). The average Bonchev–Trinajstić information content (AvgIpc) is 2.66. The van der Waals surface area contributed by atoms with Crippen LogP contribution in [0.3, 0.4) is 0 Å². The van der Waals surface area contributed by atoms with Crippen molar-refractivity contribution in [2.45, 2.75) is 18.6 Å². The number of phenols is 1. The number of hydrogen-bond acceptors (Lipinski definition) is 6. The molecule has 9 heteroatoms. The zero-order valence-electron chi connectivity index (χ0n) is 15.7. The number of alkyl halides is 3. The first-order chi connectivity index (χ1) is 13.1. The second-order valence-electron chi connectivity index (χ2n) is 5.96. The van der Waals surface area contributed by atoms with Crippen LogP contribution in [-0.4, -0.2) is 38.6 Å². The molecule has 0 radical (unpaired) electrons. The molecule has 0 heterocycles. The molecule has 1 unspecified atom stereocenters. The highest BCUT2D eigenvalue weighted by Gasteiger charge is 2.63. The van der Waals surface area contributed by atoms with E-state index in [0.29, 0.717) is 0 Å². The van der Waals surface area contributed by atoms with Crippen LogP contribution in [0.15, 0.2) is 36.4 Å².